The molecule has 3 heterocycles. The zero-order valence-corrected chi connectivity index (χ0v) is 31.4. The molecule has 0 radical (unpaired) electrons. The van der Waals surface area contributed by atoms with E-state index in [0.29, 0.717) is 0 Å². The topological polar surface area (TPSA) is 25.8 Å². The fourth-order valence-corrected chi connectivity index (χ4v) is 9.63. The molecule has 236 valence electrons. The predicted molar refractivity (Wildman–Crippen MR) is 208 cm³/mol. The normalized spacial score (nSPS) is 11.5. The van der Waals surface area contributed by atoms with Crippen LogP contribution in [0.1, 0.15) is 76.3 Å². The molecule has 6 aromatic rings. The highest BCUT2D eigenvalue weighted by molar-refractivity contribution is 9.11. The molecule has 6 rings (SSSR count). The van der Waals surface area contributed by atoms with Crippen LogP contribution in [0.15, 0.2) is 92.5 Å². The largest absolute Gasteiger partial charge is 0.243 e. The molecular weight excluding hydrogens is 732 g/mol. The van der Waals surface area contributed by atoms with E-state index in [0.717, 1.165) is 57.5 Å². The van der Waals surface area contributed by atoms with Gasteiger partial charge in [0.1, 0.15) is 0 Å². The SMILES string of the molecule is CCCCCCc1cc(-c2ccc(-c3cc(CCCCCC)c(Br)s3)c3nc(-c4ccccc4)c(-c4ccccc4)nc23)sc1Br. The van der Waals surface area contributed by atoms with Gasteiger partial charge in [-0.15, -0.1) is 22.7 Å². The highest BCUT2D eigenvalue weighted by atomic mass is 79.9. The van der Waals surface area contributed by atoms with Gasteiger partial charge in [0.15, 0.2) is 0 Å². The number of aromatic nitrogens is 2. The zero-order chi connectivity index (χ0) is 31.9. The third kappa shape index (κ3) is 7.57. The fraction of sp³-hybridized carbons (Fsp3) is 0.300. The molecule has 0 aliphatic heterocycles. The van der Waals surface area contributed by atoms with Gasteiger partial charge in [-0.25, -0.2) is 9.97 Å². The summed E-state index contributed by atoms with van der Waals surface area (Å²) in [7, 11) is 0. The molecule has 0 spiro atoms. The van der Waals surface area contributed by atoms with Gasteiger partial charge in [-0.1, -0.05) is 125 Å². The molecule has 0 atom stereocenters. The highest BCUT2D eigenvalue weighted by Gasteiger charge is 2.21. The lowest BCUT2D eigenvalue weighted by atomic mass is 10.00. The second-order valence-corrected chi connectivity index (χ2v) is 16.7. The van der Waals surface area contributed by atoms with Crippen molar-refractivity contribution in [3.05, 3.63) is 104 Å². The van der Waals surface area contributed by atoms with Crippen LogP contribution in [0, 0.1) is 0 Å². The summed E-state index contributed by atoms with van der Waals surface area (Å²) in [6.45, 7) is 4.54. The van der Waals surface area contributed by atoms with Crippen LogP contribution in [-0.2, 0) is 12.8 Å². The molecule has 0 unspecified atom stereocenters. The van der Waals surface area contributed by atoms with Gasteiger partial charge in [-0.05, 0) is 80.8 Å². The summed E-state index contributed by atoms with van der Waals surface area (Å²) in [5.74, 6) is 0. The molecule has 0 amide bonds. The molecule has 0 aliphatic carbocycles. The number of halogens is 2. The summed E-state index contributed by atoms with van der Waals surface area (Å²) in [6, 6.07) is 30.3. The van der Waals surface area contributed by atoms with Crippen molar-refractivity contribution in [2.45, 2.75) is 78.1 Å². The average Bonchev–Trinajstić information content (AvgIpc) is 3.65. The average molecular weight is 773 g/mol. The van der Waals surface area contributed by atoms with Crippen LogP contribution in [-0.4, -0.2) is 9.97 Å². The van der Waals surface area contributed by atoms with Gasteiger partial charge in [0.05, 0.1) is 30.0 Å². The van der Waals surface area contributed by atoms with Crippen molar-refractivity contribution in [3.8, 4) is 43.4 Å². The van der Waals surface area contributed by atoms with E-state index >= 15 is 0 Å². The van der Waals surface area contributed by atoms with Gasteiger partial charge in [0.2, 0.25) is 0 Å². The van der Waals surface area contributed by atoms with Crippen molar-refractivity contribution in [3.63, 3.8) is 0 Å². The number of benzene rings is 3. The van der Waals surface area contributed by atoms with Crippen LogP contribution in [0.5, 0.6) is 0 Å². The van der Waals surface area contributed by atoms with Crippen molar-refractivity contribution in [2.24, 2.45) is 0 Å². The van der Waals surface area contributed by atoms with E-state index in [9.17, 15) is 0 Å². The molecule has 0 saturated carbocycles. The Morgan fingerprint density at radius 2 is 0.935 bits per heavy atom. The Balaban J connectivity index is 1.53. The summed E-state index contributed by atoms with van der Waals surface area (Å²) < 4.78 is 2.45. The first-order valence-corrected chi connectivity index (χ1v) is 19.8. The number of hydrogen-bond acceptors (Lipinski definition) is 4. The van der Waals surface area contributed by atoms with Crippen molar-refractivity contribution < 1.29 is 0 Å². The van der Waals surface area contributed by atoms with E-state index < -0.39 is 0 Å². The monoisotopic (exact) mass is 770 g/mol. The number of thiophene rings is 2. The highest BCUT2D eigenvalue weighted by Crippen LogP contribution is 2.45. The number of aryl methyl sites for hydroxylation is 2. The number of hydrogen-bond donors (Lipinski definition) is 0. The van der Waals surface area contributed by atoms with Crippen LogP contribution in [0.2, 0.25) is 0 Å². The molecule has 0 bridgehead atoms. The molecule has 6 heteroatoms. The first kappa shape index (κ1) is 33.3. The van der Waals surface area contributed by atoms with Crippen molar-refractivity contribution >= 4 is 65.6 Å². The quantitative estimate of drug-likeness (QED) is 0.103. The Hall–Kier alpha value is -2.64. The second-order valence-electron chi connectivity index (χ2n) is 12.0. The molecule has 0 fully saturated rings. The van der Waals surface area contributed by atoms with Gasteiger partial charge in [-0.3, -0.25) is 0 Å². The molecular formula is C40H40Br2N2S2. The summed E-state index contributed by atoms with van der Waals surface area (Å²) in [5.41, 5.74) is 10.9. The van der Waals surface area contributed by atoms with E-state index in [1.165, 1.54) is 79.8 Å². The minimum Gasteiger partial charge on any atom is -0.243 e. The van der Waals surface area contributed by atoms with E-state index in [2.05, 4.69) is 131 Å². The zero-order valence-electron chi connectivity index (χ0n) is 26.6. The Bertz CT molecular complexity index is 1760. The summed E-state index contributed by atoms with van der Waals surface area (Å²) in [4.78, 5) is 13.5. The Kier molecular flexibility index (Phi) is 11.6. The van der Waals surface area contributed by atoms with Crippen LogP contribution in [0.3, 0.4) is 0 Å². The maximum atomic E-state index is 5.53. The van der Waals surface area contributed by atoms with E-state index in [1.807, 2.05) is 22.7 Å². The molecule has 2 nitrogen and oxygen atoms in total. The maximum absolute atomic E-state index is 5.53. The predicted octanol–water partition coefficient (Wildman–Crippen LogP) is 14.2. The van der Waals surface area contributed by atoms with Crippen molar-refractivity contribution in [1.29, 1.82) is 0 Å². The molecule has 3 aromatic carbocycles. The van der Waals surface area contributed by atoms with Crippen LogP contribution >= 0.6 is 54.5 Å². The lowest BCUT2D eigenvalue weighted by molar-refractivity contribution is 0.667. The number of unbranched alkanes of at least 4 members (excludes halogenated alkanes) is 6. The first-order valence-electron chi connectivity index (χ1n) is 16.6. The Morgan fingerprint density at radius 3 is 1.33 bits per heavy atom. The molecule has 0 aliphatic rings. The standard InChI is InChI=1S/C40H40Br2N2S2/c1-3-5-7-11-21-29-25-33(45-39(29)41)31-23-24-32(34-26-30(40(42)46-34)22-12-8-6-4-2)38-37(31)43-35(27-17-13-9-14-18-27)36(44-38)28-19-15-10-16-20-28/h9-10,13-20,23-26H,3-8,11-12,21-22H2,1-2H3. The van der Waals surface area contributed by atoms with Crippen LogP contribution < -0.4 is 0 Å². The number of rotatable bonds is 14. The smallest absolute Gasteiger partial charge is 0.0988 e. The molecule has 0 saturated heterocycles. The lowest BCUT2D eigenvalue weighted by Gasteiger charge is -2.15. The van der Waals surface area contributed by atoms with Crippen LogP contribution in [0.25, 0.3) is 54.4 Å². The lowest BCUT2D eigenvalue weighted by Crippen LogP contribution is -1.98. The summed E-state index contributed by atoms with van der Waals surface area (Å²) >= 11 is 11.5. The summed E-state index contributed by atoms with van der Waals surface area (Å²) in [5, 5.41) is 0. The van der Waals surface area contributed by atoms with Gasteiger partial charge in [-0.2, -0.15) is 0 Å². The Labute approximate surface area is 298 Å². The number of fused-ring (bicyclic) bond motifs is 1. The van der Waals surface area contributed by atoms with Gasteiger partial charge in [0, 0.05) is 32.0 Å². The van der Waals surface area contributed by atoms with E-state index in [1.54, 1.807) is 0 Å². The van der Waals surface area contributed by atoms with E-state index in [-0.39, 0.29) is 0 Å². The van der Waals surface area contributed by atoms with E-state index in [4.69, 9.17) is 9.97 Å². The van der Waals surface area contributed by atoms with Gasteiger partial charge in [0.25, 0.3) is 0 Å². The van der Waals surface area contributed by atoms with Crippen molar-refractivity contribution in [2.75, 3.05) is 0 Å². The van der Waals surface area contributed by atoms with Gasteiger partial charge >= 0.3 is 0 Å². The minimum atomic E-state index is 0.914. The fourth-order valence-electron chi connectivity index (χ4n) is 6.03. The Morgan fingerprint density at radius 1 is 0.522 bits per heavy atom. The molecule has 46 heavy (non-hydrogen) atoms. The van der Waals surface area contributed by atoms with Crippen molar-refractivity contribution in [1.82, 2.24) is 9.97 Å². The minimum absolute atomic E-state index is 0.914. The first-order chi connectivity index (χ1) is 22.6. The van der Waals surface area contributed by atoms with Crippen LogP contribution in [0.4, 0.5) is 0 Å². The molecule has 0 N–H and O–H groups in total. The summed E-state index contributed by atoms with van der Waals surface area (Å²) in [6.07, 6.45) is 12.3. The number of nitrogens with zero attached hydrogens (tertiary/aromatic N) is 2. The third-order valence-electron chi connectivity index (χ3n) is 8.56. The second kappa shape index (κ2) is 16.0. The maximum Gasteiger partial charge on any atom is 0.0988 e. The van der Waals surface area contributed by atoms with Gasteiger partial charge < -0.3 is 0 Å². The molecule has 3 aromatic heterocycles. The third-order valence-corrected chi connectivity index (χ3v) is 12.6.